The van der Waals surface area contributed by atoms with Crippen LogP contribution in [0.2, 0.25) is 0 Å². The summed E-state index contributed by atoms with van der Waals surface area (Å²) in [6, 6.07) is 12.3. The fourth-order valence-electron chi connectivity index (χ4n) is 3.78. The maximum absolute atomic E-state index is 13.9. The number of amides is 1. The topological polar surface area (TPSA) is 66.1 Å². The van der Waals surface area contributed by atoms with Crippen molar-refractivity contribution < 1.29 is 13.4 Å². The lowest BCUT2D eigenvalue weighted by Crippen LogP contribution is -2.38. The first-order chi connectivity index (χ1) is 13.5. The first kappa shape index (κ1) is 18.8. The highest BCUT2D eigenvalue weighted by molar-refractivity contribution is 7.83. The molecule has 0 radical (unpaired) electrons. The molecule has 1 aliphatic heterocycles. The summed E-state index contributed by atoms with van der Waals surface area (Å²) < 4.78 is 25.3. The van der Waals surface area contributed by atoms with Crippen molar-refractivity contribution in [3.63, 3.8) is 0 Å². The van der Waals surface area contributed by atoms with Crippen LogP contribution in [0.5, 0.6) is 0 Å². The minimum Gasteiger partial charge on any atom is -0.342 e. The Hall–Kier alpha value is -2.54. The van der Waals surface area contributed by atoms with Gasteiger partial charge in [-0.25, -0.2) is 9.37 Å². The molecule has 1 amide bonds. The number of nitrogens with one attached hydrogen (secondary N) is 1. The number of fused-ring (bicyclic) bond motifs is 1. The van der Waals surface area contributed by atoms with Crippen LogP contribution in [0.4, 0.5) is 4.39 Å². The Labute approximate surface area is 165 Å². The lowest BCUT2D eigenvalue weighted by atomic mass is 9.95. The van der Waals surface area contributed by atoms with Gasteiger partial charge >= 0.3 is 0 Å². The zero-order valence-corrected chi connectivity index (χ0v) is 16.5. The first-order valence-electron chi connectivity index (χ1n) is 9.33. The zero-order chi connectivity index (χ0) is 19.7. The van der Waals surface area contributed by atoms with Gasteiger partial charge in [-0.3, -0.25) is 9.00 Å². The number of hydrogen-bond acceptors (Lipinski definition) is 3. The largest absolute Gasteiger partial charge is 0.342 e. The monoisotopic (exact) mass is 399 g/mol. The van der Waals surface area contributed by atoms with Crippen LogP contribution in [0.1, 0.15) is 40.5 Å². The normalized spacial score (nSPS) is 16.4. The number of likely N-dealkylation sites (tertiary alicyclic amines) is 1. The SMILES string of the molecule is C[S@@](=O)Cc1cccc(C(=O)N2CCC(c3nc4c(F)cccc4[nH]3)CC2)c1. The molecule has 28 heavy (non-hydrogen) atoms. The number of rotatable bonds is 4. The Balaban J connectivity index is 1.44. The van der Waals surface area contributed by atoms with Crippen molar-refractivity contribution in [3.8, 4) is 0 Å². The van der Waals surface area contributed by atoms with E-state index < -0.39 is 10.8 Å². The summed E-state index contributed by atoms with van der Waals surface area (Å²) in [5.74, 6) is 1.11. The van der Waals surface area contributed by atoms with Crippen LogP contribution in [-0.4, -0.2) is 44.3 Å². The van der Waals surface area contributed by atoms with Crippen LogP contribution in [0.3, 0.4) is 0 Å². The number of carbonyl (C=O) groups is 1. The molecule has 1 atom stereocenters. The van der Waals surface area contributed by atoms with E-state index in [0.29, 0.717) is 35.4 Å². The van der Waals surface area contributed by atoms with Crippen LogP contribution >= 0.6 is 0 Å². The molecule has 3 aromatic rings. The molecular weight excluding hydrogens is 377 g/mol. The molecule has 1 N–H and O–H groups in total. The van der Waals surface area contributed by atoms with Gasteiger partial charge in [0.2, 0.25) is 0 Å². The van der Waals surface area contributed by atoms with Crippen LogP contribution in [0.25, 0.3) is 11.0 Å². The number of piperidine rings is 1. The summed E-state index contributed by atoms with van der Waals surface area (Å²) in [7, 11) is -0.939. The molecule has 7 heteroatoms. The Morgan fingerprint density at radius 1 is 1.25 bits per heavy atom. The highest BCUT2D eigenvalue weighted by Gasteiger charge is 2.26. The highest BCUT2D eigenvalue weighted by Crippen LogP contribution is 2.29. The third-order valence-corrected chi connectivity index (χ3v) is 5.93. The summed E-state index contributed by atoms with van der Waals surface area (Å²) in [4.78, 5) is 22.4. The Morgan fingerprint density at radius 2 is 2.00 bits per heavy atom. The Bertz CT molecular complexity index is 1040. The predicted molar refractivity (Wildman–Crippen MR) is 108 cm³/mol. The van der Waals surface area contributed by atoms with Gasteiger partial charge in [-0.15, -0.1) is 0 Å². The molecule has 0 spiro atoms. The molecule has 1 saturated heterocycles. The van der Waals surface area contributed by atoms with Gasteiger partial charge < -0.3 is 9.88 Å². The van der Waals surface area contributed by atoms with Gasteiger partial charge in [0.25, 0.3) is 5.91 Å². The van der Waals surface area contributed by atoms with E-state index in [1.165, 1.54) is 6.07 Å². The standard InChI is InChI=1S/C21H22FN3O2S/c1-28(27)13-14-4-2-5-16(12-14)21(26)25-10-8-15(9-11-25)20-23-18-7-3-6-17(22)19(18)24-20/h2-7,12,15H,8-11,13H2,1H3,(H,23,24)/t28-/m1/s1. The number of H-pyrrole nitrogens is 1. The second-order valence-corrected chi connectivity index (χ2v) is 8.68. The van der Waals surface area contributed by atoms with Gasteiger partial charge in [-0.05, 0) is 42.7 Å². The van der Waals surface area contributed by atoms with Gasteiger partial charge in [-0.1, -0.05) is 18.2 Å². The molecule has 0 bridgehead atoms. The molecule has 2 aromatic carbocycles. The highest BCUT2D eigenvalue weighted by atomic mass is 32.2. The van der Waals surface area contributed by atoms with Crippen LogP contribution in [0.15, 0.2) is 42.5 Å². The first-order valence-corrected chi connectivity index (χ1v) is 11.1. The number of halogens is 1. The minimum absolute atomic E-state index is 0.00200. The minimum atomic E-state index is -0.939. The molecular formula is C21H22FN3O2S. The molecule has 1 aliphatic rings. The number of carbonyl (C=O) groups excluding carboxylic acids is 1. The van der Waals surface area contributed by atoms with Gasteiger partial charge in [0.15, 0.2) is 5.82 Å². The van der Waals surface area contributed by atoms with Crippen molar-refractivity contribution in [1.29, 1.82) is 0 Å². The summed E-state index contributed by atoms with van der Waals surface area (Å²) in [6.45, 7) is 1.26. The van der Waals surface area contributed by atoms with Crippen molar-refractivity contribution in [3.05, 3.63) is 65.2 Å². The lowest BCUT2D eigenvalue weighted by molar-refractivity contribution is 0.0711. The van der Waals surface area contributed by atoms with E-state index in [1.807, 2.05) is 29.2 Å². The molecule has 1 fully saturated rings. The van der Waals surface area contributed by atoms with Crippen molar-refractivity contribution in [2.75, 3.05) is 19.3 Å². The molecule has 1 aromatic heterocycles. The van der Waals surface area contributed by atoms with Crippen LogP contribution in [-0.2, 0) is 16.6 Å². The fraction of sp³-hybridized carbons (Fsp3) is 0.333. The third kappa shape index (κ3) is 3.85. The summed E-state index contributed by atoms with van der Waals surface area (Å²) in [5, 5.41) is 0. The predicted octanol–water partition coefficient (Wildman–Crippen LogP) is 3.60. The Kier molecular flexibility index (Phi) is 5.26. The van der Waals surface area contributed by atoms with E-state index in [-0.39, 0.29) is 17.6 Å². The number of hydrogen-bond donors (Lipinski definition) is 1. The average Bonchev–Trinajstić information content (AvgIpc) is 3.13. The van der Waals surface area contributed by atoms with Gasteiger partial charge in [0, 0.05) is 47.4 Å². The van der Waals surface area contributed by atoms with Crippen molar-refractivity contribution in [1.82, 2.24) is 14.9 Å². The van der Waals surface area contributed by atoms with Crippen molar-refractivity contribution in [2.45, 2.75) is 24.5 Å². The molecule has 2 heterocycles. The number of aromatic nitrogens is 2. The molecule has 0 unspecified atom stereocenters. The zero-order valence-electron chi connectivity index (χ0n) is 15.7. The van der Waals surface area contributed by atoms with E-state index in [9.17, 15) is 13.4 Å². The van der Waals surface area contributed by atoms with E-state index in [1.54, 1.807) is 18.4 Å². The van der Waals surface area contributed by atoms with Crippen molar-refractivity contribution in [2.24, 2.45) is 0 Å². The van der Waals surface area contributed by atoms with Crippen molar-refractivity contribution >= 4 is 27.7 Å². The van der Waals surface area contributed by atoms with E-state index in [0.717, 1.165) is 24.2 Å². The van der Waals surface area contributed by atoms with E-state index in [4.69, 9.17) is 0 Å². The summed E-state index contributed by atoms with van der Waals surface area (Å²) >= 11 is 0. The molecule has 4 rings (SSSR count). The number of aromatic amines is 1. The molecule has 0 saturated carbocycles. The number of imidazole rings is 1. The summed E-state index contributed by atoms with van der Waals surface area (Å²) in [5.41, 5.74) is 2.62. The molecule has 5 nitrogen and oxygen atoms in total. The third-order valence-electron chi connectivity index (χ3n) is 5.19. The lowest BCUT2D eigenvalue weighted by Gasteiger charge is -2.31. The number of nitrogens with zero attached hydrogens (tertiary/aromatic N) is 2. The molecule has 146 valence electrons. The van der Waals surface area contributed by atoms with E-state index >= 15 is 0 Å². The fourth-order valence-corrected chi connectivity index (χ4v) is 4.43. The quantitative estimate of drug-likeness (QED) is 0.729. The molecule has 0 aliphatic carbocycles. The van der Waals surface area contributed by atoms with Gasteiger partial charge in [-0.2, -0.15) is 0 Å². The summed E-state index contributed by atoms with van der Waals surface area (Å²) in [6.07, 6.45) is 3.22. The van der Waals surface area contributed by atoms with E-state index in [2.05, 4.69) is 9.97 Å². The second kappa shape index (κ2) is 7.83. The Morgan fingerprint density at radius 3 is 2.71 bits per heavy atom. The second-order valence-electron chi connectivity index (χ2n) is 7.24. The van der Waals surface area contributed by atoms with Gasteiger partial charge in [0.1, 0.15) is 11.3 Å². The maximum atomic E-state index is 13.9. The van der Waals surface area contributed by atoms with Crippen LogP contribution in [0, 0.1) is 5.82 Å². The smallest absolute Gasteiger partial charge is 0.253 e. The number of para-hydroxylation sites is 1. The average molecular weight is 399 g/mol. The maximum Gasteiger partial charge on any atom is 0.253 e. The van der Waals surface area contributed by atoms with Gasteiger partial charge in [0.05, 0.1) is 5.52 Å². The van der Waals surface area contributed by atoms with Crippen LogP contribution < -0.4 is 0 Å². The number of benzene rings is 2.